The lowest BCUT2D eigenvalue weighted by Gasteiger charge is -2.29. The molecule has 138 valence electrons. The summed E-state index contributed by atoms with van der Waals surface area (Å²) in [5, 5.41) is 3.30. The molecule has 0 heterocycles. The van der Waals surface area contributed by atoms with Crippen LogP contribution in [0.3, 0.4) is 0 Å². The van der Waals surface area contributed by atoms with Crippen molar-refractivity contribution in [2.24, 2.45) is 0 Å². The quantitative estimate of drug-likeness (QED) is 0.771. The van der Waals surface area contributed by atoms with Crippen LogP contribution in [0.15, 0.2) is 54.6 Å². The first-order valence-corrected chi connectivity index (χ1v) is 8.89. The van der Waals surface area contributed by atoms with Gasteiger partial charge < -0.3 is 15.0 Å². The number of amides is 2. The van der Waals surface area contributed by atoms with Gasteiger partial charge in [0.2, 0.25) is 5.91 Å². The van der Waals surface area contributed by atoms with Gasteiger partial charge in [0.1, 0.15) is 11.8 Å². The van der Waals surface area contributed by atoms with Crippen molar-refractivity contribution in [3.8, 4) is 5.75 Å². The zero-order valence-corrected chi connectivity index (χ0v) is 15.7. The van der Waals surface area contributed by atoms with Gasteiger partial charge >= 0.3 is 0 Å². The summed E-state index contributed by atoms with van der Waals surface area (Å²) in [6.07, 6.45) is 0. The lowest BCUT2D eigenvalue weighted by Crippen LogP contribution is -2.49. The molecule has 2 rings (SSSR count). The molecule has 0 radical (unpaired) electrons. The van der Waals surface area contributed by atoms with Crippen molar-refractivity contribution in [1.82, 2.24) is 10.2 Å². The zero-order chi connectivity index (χ0) is 18.9. The minimum atomic E-state index is -0.641. The lowest BCUT2D eigenvalue weighted by atomic mass is 10.1. The smallest absolute Gasteiger partial charge is 0.261 e. The molecule has 1 atom stereocenters. The van der Waals surface area contributed by atoms with E-state index in [0.29, 0.717) is 17.3 Å². The summed E-state index contributed by atoms with van der Waals surface area (Å²) in [5.74, 6) is 0.101. The standard InChI is InChI=1S/C20H23ClN2O3/c1-3-22-20(25)15(2)23(13-16-9-7-8-12-18(16)21)19(24)14-26-17-10-5-4-6-11-17/h4-12,15H,3,13-14H2,1-2H3,(H,22,25)/t15-/m0/s1. The largest absolute Gasteiger partial charge is 0.484 e. The Bertz CT molecular complexity index is 737. The Balaban J connectivity index is 2.14. The highest BCUT2D eigenvalue weighted by Gasteiger charge is 2.26. The molecule has 0 aliphatic carbocycles. The Hall–Kier alpha value is -2.53. The minimum absolute atomic E-state index is 0.155. The fourth-order valence-corrected chi connectivity index (χ4v) is 2.65. The Kier molecular flexibility index (Phi) is 7.48. The Morgan fingerprint density at radius 1 is 1.12 bits per heavy atom. The number of ether oxygens (including phenoxy) is 1. The van der Waals surface area contributed by atoms with Crippen molar-refractivity contribution in [3.05, 3.63) is 65.2 Å². The number of para-hydroxylation sites is 1. The van der Waals surface area contributed by atoms with E-state index in [1.165, 1.54) is 4.90 Å². The summed E-state index contributed by atoms with van der Waals surface area (Å²) in [5.41, 5.74) is 0.776. The third-order valence-electron chi connectivity index (χ3n) is 3.92. The third-order valence-corrected chi connectivity index (χ3v) is 4.29. The monoisotopic (exact) mass is 374 g/mol. The van der Waals surface area contributed by atoms with Gasteiger partial charge in [-0.05, 0) is 37.6 Å². The van der Waals surface area contributed by atoms with Gasteiger partial charge in [-0.3, -0.25) is 9.59 Å². The molecular formula is C20H23ClN2O3. The molecule has 2 amide bonds. The van der Waals surface area contributed by atoms with Crippen LogP contribution in [0.1, 0.15) is 19.4 Å². The van der Waals surface area contributed by atoms with E-state index in [1.807, 2.05) is 43.3 Å². The van der Waals surface area contributed by atoms with Crippen LogP contribution >= 0.6 is 11.6 Å². The van der Waals surface area contributed by atoms with Gasteiger partial charge in [0.15, 0.2) is 6.61 Å². The number of carbonyl (C=O) groups excluding carboxylic acids is 2. The first-order chi connectivity index (χ1) is 12.5. The average Bonchev–Trinajstić information content (AvgIpc) is 2.66. The number of rotatable bonds is 8. The fourth-order valence-electron chi connectivity index (χ4n) is 2.46. The second kappa shape index (κ2) is 9.82. The fraction of sp³-hybridized carbons (Fsp3) is 0.300. The number of nitrogens with one attached hydrogen (secondary N) is 1. The van der Waals surface area contributed by atoms with Gasteiger partial charge in [0, 0.05) is 18.1 Å². The Morgan fingerprint density at radius 2 is 1.77 bits per heavy atom. The van der Waals surface area contributed by atoms with Crippen LogP contribution in [0.5, 0.6) is 5.75 Å². The maximum absolute atomic E-state index is 12.8. The predicted octanol–water partition coefficient (Wildman–Crippen LogP) is 3.27. The molecule has 26 heavy (non-hydrogen) atoms. The molecule has 6 heteroatoms. The molecular weight excluding hydrogens is 352 g/mol. The minimum Gasteiger partial charge on any atom is -0.484 e. The van der Waals surface area contributed by atoms with Crippen molar-refractivity contribution in [1.29, 1.82) is 0 Å². The van der Waals surface area contributed by atoms with Gasteiger partial charge in [-0.2, -0.15) is 0 Å². The number of hydrogen-bond donors (Lipinski definition) is 1. The van der Waals surface area contributed by atoms with Crippen LogP contribution in [-0.4, -0.2) is 35.9 Å². The molecule has 0 spiro atoms. The Morgan fingerprint density at radius 3 is 2.42 bits per heavy atom. The molecule has 0 saturated heterocycles. The first-order valence-electron chi connectivity index (χ1n) is 8.51. The molecule has 0 aromatic heterocycles. The summed E-state index contributed by atoms with van der Waals surface area (Å²) in [4.78, 5) is 26.5. The highest BCUT2D eigenvalue weighted by molar-refractivity contribution is 6.31. The normalized spacial score (nSPS) is 11.5. The summed E-state index contributed by atoms with van der Waals surface area (Å²) in [6.45, 7) is 4.11. The van der Waals surface area contributed by atoms with Crippen molar-refractivity contribution in [3.63, 3.8) is 0 Å². The summed E-state index contributed by atoms with van der Waals surface area (Å²) < 4.78 is 5.55. The van der Waals surface area contributed by atoms with Crippen LogP contribution in [0.25, 0.3) is 0 Å². The molecule has 0 aliphatic heterocycles. The molecule has 0 bridgehead atoms. The van der Waals surface area contributed by atoms with Crippen LogP contribution in [0.2, 0.25) is 5.02 Å². The van der Waals surface area contributed by atoms with Crippen molar-refractivity contribution >= 4 is 23.4 Å². The maximum Gasteiger partial charge on any atom is 0.261 e. The van der Waals surface area contributed by atoms with E-state index < -0.39 is 6.04 Å². The highest BCUT2D eigenvalue weighted by Crippen LogP contribution is 2.19. The molecule has 0 saturated carbocycles. The van der Waals surface area contributed by atoms with Gasteiger partial charge in [-0.15, -0.1) is 0 Å². The van der Waals surface area contributed by atoms with Gasteiger partial charge in [0.05, 0.1) is 0 Å². The summed E-state index contributed by atoms with van der Waals surface area (Å²) in [6, 6.07) is 15.7. The van der Waals surface area contributed by atoms with Gasteiger partial charge in [-0.25, -0.2) is 0 Å². The second-order valence-corrected chi connectivity index (χ2v) is 6.19. The van der Waals surface area contributed by atoms with E-state index in [1.54, 1.807) is 25.1 Å². The van der Waals surface area contributed by atoms with E-state index in [4.69, 9.17) is 16.3 Å². The molecule has 2 aromatic carbocycles. The number of carbonyl (C=O) groups is 2. The summed E-state index contributed by atoms with van der Waals surface area (Å²) >= 11 is 6.22. The van der Waals surface area contributed by atoms with E-state index in [0.717, 1.165) is 5.56 Å². The van der Waals surface area contributed by atoms with Crippen molar-refractivity contribution in [2.75, 3.05) is 13.2 Å². The predicted molar refractivity (Wildman–Crippen MR) is 102 cm³/mol. The SMILES string of the molecule is CCNC(=O)[C@H](C)N(Cc1ccccc1Cl)C(=O)COc1ccccc1. The summed E-state index contributed by atoms with van der Waals surface area (Å²) in [7, 11) is 0. The lowest BCUT2D eigenvalue weighted by molar-refractivity contribution is -0.142. The van der Waals surface area contributed by atoms with Crippen LogP contribution in [0.4, 0.5) is 0 Å². The first kappa shape index (κ1) is 19.8. The number of halogens is 1. The number of likely N-dealkylation sites (N-methyl/N-ethyl adjacent to an activating group) is 1. The molecule has 5 nitrogen and oxygen atoms in total. The van der Waals surface area contributed by atoms with E-state index in [2.05, 4.69) is 5.32 Å². The van der Waals surface area contributed by atoms with Crippen molar-refractivity contribution < 1.29 is 14.3 Å². The van der Waals surface area contributed by atoms with E-state index >= 15 is 0 Å². The van der Waals surface area contributed by atoms with E-state index in [9.17, 15) is 9.59 Å². The number of benzene rings is 2. The van der Waals surface area contributed by atoms with E-state index in [-0.39, 0.29) is 25.0 Å². The van der Waals surface area contributed by atoms with Gasteiger partial charge in [-0.1, -0.05) is 48.0 Å². The van der Waals surface area contributed by atoms with Crippen LogP contribution in [0, 0.1) is 0 Å². The zero-order valence-electron chi connectivity index (χ0n) is 14.9. The topological polar surface area (TPSA) is 58.6 Å². The molecule has 1 N–H and O–H groups in total. The number of hydrogen-bond acceptors (Lipinski definition) is 3. The van der Waals surface area contributed by atoms with Crippen molar-refractivity contribution in [2.45, 2.75) is 26.4 Å². The number of nitrogens with zero attached hydrogens (tertiary/aromatic N) is 1. The molecule has 0 fully saturated rings. The molecule has 0 aliphatic rings. The third kappa shape index (κ3) is 5.49. The second-order valence-electron chi connectivity index (χ2n) is 5.79. The molecule has 2 aromatic rings. The average molecular weight is 375 g/mol. The van der Waals surface area contributed by atoms with Crippen LogP contribution < -0.4 is 10.1 Å². The molecule has 0 unspecified atom stereocenters. The highest BCUT2D eigenvalue weighted by atomic mass is 35.5. The Labute approximate surface area is 158 Å². The van der Waals surface area contributed by atoms with Crippen LogP contribution in [-0.2, 0) is 16.1 Å². The maximum atomic E-state index is 12.8. The van der Waals surface area contributed by atoms with Gasteiger partial charge in [0.25, 0.3) is 5.91 Å².